The number of halogens is 1. The number of hydrogen-bond donors (Lipinski definition) is 2. The van der Waals surface area contributed by atoms with Crippen molar-refractivity contribution < 1.29 is 4.79 Å². The standard InChI is InChI=1S/C15H18BrN3O/c16-13-9-12(10-17)1-3-14(13)19-15(20)4-2-11-5-7-18-8-6-11/h1,3,9,11,18H,2,4-8H2,(H,19,20). The first-order chi connectivity index (χ1) is 9.69. The zero-order valence-electron chi connectivity index (χ0n) is 11.3. The first-order valence-corrected chi connectivity index (χ1v) is 7.68. The minimum Gasteiger partial charge on any atom is -0.325 e. The number of nitrogens with zero attached hydrogens (tertiary/aromatic N) is 1. The van der Waals surface area contributed by atoms with Gasteiger partial charge in [0.2, 0.25) is 5.91 Å². The normalized spacial score (nSPS) is 15.6. The van der Waals surface area contributed by atoms with Gasteiger partial charge in [0.15, 0.2) is 0 Å². The largest absolute Gasteiger partial charge is 0.325 e. The van der Waals surface area contributed by atoms with Crippen molar-refractivity contribution in [3.05, 3.63) is 28.2 Å². The third-order valence-corrected chi connectivity index (χ3v) is 4.27. The average Bonchev–Trinajstić information content (AvgIpc) is 2.48. The predicted octanol–water partition coefficient (Wildman–Crippen LogP) is 3.04. The Morgan fingerprint density at radius 1 is 1.45 bits per heavy atom. The first kappa shape index (κ1) is 15.0. The lowest BCUT2D eigenvalue weighted by Gasteiger charge is -2.22. The van der Waals surface area contributed by atoms with Gasteiger partial charge in [-0.25, -0.2) is 0 Å². The molecule has 2 rings (SSSR count). The molecule has 0 saturated carbocycles. The molecule has 0 radical (unpaired) electrons. The van der Waals surface area contributed by atoms with Crippen LogP contribution in [0.2, 0.25) is 0 Å². The van der Waals surface area contributed by atoms with Gasteiger partial charge in [-0.1, -0.05) is 0 Å². The molecule has 1 aromatic carbocycles. The molecule has 2 N–H and O–H groups in total. The maximum absolute atomic E-state index is 11.9. The molecule has 0 aliphatic carbocycles. The van der Waals surface area contributed by atoms with Gasteiger partial charge in [0.05, 0.1) is 17.3 Å². The van der Waals surface area contributed by atoms with Gasteiger partial charge in [0.25, 0.3) is 0 Å². The summed E-state index contributed by atoms with van der Waals surface area (Å²) in [6.07, 6.45) is 3.82. The molecule has 0 atom stereocenters. The van der Waals surface area contributed by atoms with Crippen LogP contribution in [0.5, 0.6) is 0 Å². The number of piperidine rings is 1. The van der Waals surface area contributed by atoms with Crippen molar-refractivity contribution in [2.45, 2.75) is 25.7 Å². The predicted molar refractivity (Wildman–Crippen MR) is 82.3 cm³/mol. The fourth-order valence-corrected chi connectivity index (χ4v) is 2.88. The van der Waals surface area contributed by atoms with Crippen LogP contribution in [0, 0.1) is 17.2 Å². The lowest BCUT2D eigenvalue weighted by molar-refractivity contribution is -0.116. The zero-order chi connectivity index (χ0) is 14.4. The topological polar surface area (TPSA) is 64.9 Å². The number of carbonyl (C=O) groups is 1. The monoisotopic (exact) mass is 335 g/mol. The molecule has 0 bridgehead atoms. The molecule has 1 fully saturated rings. The Morgan fingerprint density at radius 2 is 2.20 bits per heavy atom. The molecule has 106 valence electrons. The van der Waals surface area contributed by atoms with Crippen LogP contribution < -0.4 is 10.6 Å². The highest BCUT2D eigenvalue weighted by atomic mass is 79.9. The summed E-state index contributed by atoms with van der Waals surface area (Å²) in [6.45, 7) is 2.13. The smallest absolute Gasteiger partial charge is 0.224 e. The van der Waals surface area contributed by atoms with E-state index in [2.05, 4.69) is 32.6 Å². The molecule has 1 aromatic rings. The van der Waals surface area contributed by atoms with Crippen LogP contribution in [0.4, 0.5) is 5.69 Å². The highest BCUT2D eigenvalue weighted by Crippen LogP contribution is 2.24. The molecule has 20 heavy (non-hydrogen) atoms. The fraction of sp³-hybridized carbons (Fsp3) is 0.467. The minimum atomic E-state index is 0.0361. The van der Waals surface area contributed by atoms with Crippen LogP contribution in [-0.2, 0) is 4.79 Å². The molecule has 1 aliphatic heterocycles. The van der Waals surface area contributed by atoms with E-state index in [0.29, 0.717) is 17.9 Å². The lowest BCUT2D eigenvalue weighted by atomic mass is 9.93. The van der Waals surface area contributed by atoms with Crippen LogP contribution >= 0.6 is 15.9 Å². The number of anilines is 1. The van der Waals surface area contributed by atoms with Crippen molar-refractivity contribution >= 4 is 27.5 Å². The van der Waals surface area contributed by atoms with Gasteiger partial charge in [-0.15, -0.1) is 0 Å². The van der Waals surface area contributed by atoms with Gasteiger partial charge in [-0.05, 0) is 72.4 Å². The van der Waals surface area contributed by atoms with E-state index in [1.54, 1.807) is 18.2 Å². The number of rotatable bonds is 4. The van der Waals surface area contributed by atoms with Gasteiger partial charge in [0.1, 0.15) is 0 Å². The molecule has 4 nitrogen and oxygen atoms in total. The Bertz CT molecular complexity index is 518. The third-order valence-electron chi connectivity index (χ3n) is 3.61. The SMILES string of the molecule is N#Cc1ccc(NC(=O)CCC2CCNCC2)c(Br)c1. The average molecular weight is 336 g/mol. The second kappa shape index (κ2) is 7.41. The number of nitrogens with one attached hydrogen (secondary N) is 2. The summed E-state index contributed by atoms with van der Waals surface area (Å²) in [7, 11) is 0. The van der Waals surface area contributed by atoms with E-state index >= 15 is 0 Å². The summed E-state index contributed by atoms with van der Waals surface area (Å²) >= 11 is 3.37. The molecule has 0 spiro atoms. The van der Waals surface area contributed by atoms with Crippen LogP contribution in [-0.4, -0.2) is 19.0 Å². The Morgan fingerprint density at radius 3 is 2.85 bits per heavy atom. The maximum atomic E-state index is 11.9. The number of benzene rings is 1. The zero-order valence-corrected chi connectivity index (χ0v) is 12.9. The minimum absolute atomic E-state index is 0.0361. The van der Waals surface area contributed by atoms with E-state index in [4.69, 9.17) is 5.26 Å². The summed E-state index contributed by atoms with van der Waals surface area (Å²) in [6, 6.07) is 7.24. The van der Waals surface area contributed by atoms with Crippen molar-refractivity contribution in [2.75, 3.05) is 18.4 Å². The number of carbonyl (C=O) groups excluding carboxylic acids is 1. The quantitative estimate of drug-likeness (QED) is 0.888. The molecular formula is C15H18BrN3O. The van der Waals surface area contributed by atoms with Crippen molar-refractivity contribution in [3.8, 4) is 6.07 Å². The summed E-state index contributed by atoms with van der Waals surface area (Å²) in [5.41, 5.74) is 1.30. The van der Waals surface area contributed by atoms with Crippen molar-refractivity contribution in [1.29, 1.82) is 5.26 Å². The van der Waals surface area contributed by atoms with E-state index < -0.39 is 0 Å². The lowest BCUT2D eigenvalue weighted by Crippen LogP contribution is -2.28. The number of nitriles is 1. The molecule has 0 unspecified atom stereocenters. The second-order valence-corrected chi connectivity index (χ2v) is 5.94. The van der Waals surface area contributed by atoms with E-state index in [0.717, 1.165) is 42.5 Å². The summed E-state index contributed by atoms with van der Waals surface area (Å²) in [5.74, 6) is 0.695. The van der Waals surface area contributed by atoms with Gasteiger partial charge in [-0.2, -0.15) is 5.26 Å². The Balaban J connectivity index is 1.83. The molecule has 1 heterocycles. The molecule has 5 heteroatoms. The third kappa shape index (κ3) is 4.32. The second-order valence-electron chi connectivity index (χ2n) is 5.09. The van der Waals surface area contributed by atoms with Crippen LogP contribution in [0.3, 0.4) is 0 Å². The van der Waals surface area contributed by atoms with Gasteiger partial charge in [0, 0.05) is 10.9 Å². The van der Waals surface area contributed by atoms with E-state index in [1.807, 2.05) is 0 Å². The molecule has 1 saturated heterocycles. The highest BCUT2D eigenvalue weighted by molar-refractivity contribution is 9.10. The summed E-state index contributed by atoms with van der Waals surface area (Å²) in [4.78, 5) is 11.9. The van der Waals surface area contributed by atoms with Crippen LogP contribution in [0.25, 0.3) is 0 Å². The maximum Gasteiger partial charge on any atom is 0.224 e. The summed E-state index contributed by atoms with van der Waals surface area (Å²) < 4.78 is 0.742. The highest BCUT2D eigenvalue weighted by Gasteiger charge is 2.15. The Kier molecular flexibility index (Phi) is 5.57. The molecular weight excluding hydrogens is 318 g/mol. The van der Waals surface area contributed by atoms with E-state index in [9.17, 15) is 4.79 Å². The number of amides is 1. The van der Waals surface area contributed by atoms with Crippen molar-refractivity contribution in [2.24, 2.45) is 5.92 Å². The fourth-order valence-electron chi connectivity index (χ4n) is 2.40. The van der Waals surface area contributed by atoms with Gasteiger partial charge < -0.3 is 10.6 Å². The Labute approximate surface area is 127 Å². The van der Waals surface area contributed by atoms with Gasteiger partial charge >= 0.3 is 0 Å². The Hall–Kier alpha value is -1.38. The number of hydrogen-bond acceptors (Lipinski definition) is 3. The van der Waals surface area contributed by atoms with E-state index in [1.165, 1.54) is 0 Å². The van der Waals surface area contributed by atoms with Crippen molar-refractivity contribution in [3.63, 3.8) is 0 Å². The molecule has 0 aromatic heterocycles. The molecule has 1 amide bonds. The van der Waals surface area contributed by atoms with Crippen LogP contribution in [0.1, 0.15) is 31.2 Å². The van der Waals surface area contributed by atoms with Crippen LogP contribution in [0.15, 0.2) is 22.7 Å². The summed E-state index contributed by atoms with van der Waals surface area (Å²) in [5, 5.41) is 15.0. The van der Waals surface area contributed by atoms with E-state index in [-0.39, 0.29) is 5.91 Å². The molecule has 1 aliphatic rings. The van der Waals surface area contributed by atoms with Crippen molar-refractivity contribution in [1.82, 2.24) is 5.32 Å². The van der Waals surface area contributed by atoms with Gasteiger partial charge in [-0.3, -0.25) is 4.79 Å². The first-order valence-electron chi connectivity index (χ1n) is 6.89.